The number of methoxy groups -OCH3 is 4. The SMILES string of the molecule is COc1ccc(C(C)(OC(=O)/C=C/C(=O)OC(C)(c2ccc(OC)c(OC)c2)C(N)c2ccccc2)C(N)c2ccccc2)cc1OC. The lowest BCUT2D eigenvalue weighted by Gasteiger charge is -2.36. The number of hydrogen-bond donors (Lipinski definition) is 2. The number of carbonyl (C=O) groups is 2. The van der Waals surface area contributed by atoms with Crippen LogP contribution in [-0.4, -0.2) is 40.4 Å². The molecular formula is C38H42N2O8. The van der Waals surface area contributed by atoms with E-state index in [0.29, 0.717) is 34.1 Å². The van der Waals surface area contributed by atoms with Gasteiger partial charge in [-0.2, -0.15) is 0 Å². The maximum Gasteiger partial charge on any atom is 0.331 e. The number of rotatable bonds is 14. The van der Waals surface area contributed by atoms with Crippen molar-refractivity contribution in [2.75, 3.05) is 28.4 Å². The fraction of sp³-hybridized carbons (Fsp3) is 0.263. The third-order valence-corrected chi connectivity index (χ3v) is 8.40. The summed E-state index contributed by atoms with van der Waals surface area (Å²) >= 11 is 0. The third kappa shape index (κ3) is 7.62. The van der Waals surface area contributed by atoms with E-state index in [9.17, 15) is 9.59 Å². The average Bonchev–Trinajstić information content (AvgIpc) is 3.13. The van der Waals surface area contributed by atoms with Gasteiger partial charge < -0.3 is 39.9 Å². The van der Waals surface area contributed by atoms with E-state index < -0.39 is 35.2 Å². The molecule has 0 aliphatic carbocycles. The van der Waals surface area contributed by atoms with E-state index >= 15 is 0 Å². The van der Waals surface area contributed by atoms with Gasteiger partial charge in [-0.1, -0.05) is 72.8 Å². The van der Waals surface area contributed by atoms with E-state index in [1.54, 1.807) is 50.2 Å². The van der Waals surface area contributed by atoms with E-state index in [1.807, 2.05) is 60.7 Å². The minimum Gasteiger partial charge on any atom is -0.493 e. The summed E-state index contributed by atoms with van der Waals surface area (Å²) in [5.41, 5.74) is 13.3. The molecule has 4 unspecified atom stereocenters. The molecule has 0 saturated carbocycles. The molecule has 0 saturated heterocycles. The second-order valence-corrected chi connectivity index (χ2v) is 11.3. The molecule has 0 aromatic heterocycles. The first kappa shape index (κ1) is 35.5. The molecule has 0 bridgehead atoms. The molecule has 4 N–H and O–H groups in total. The highest BCUT2D eigenvalue weighted by atomic mass is 16.6. The topological polar surface area (TPSA) is 142 Å². The average molecular weight is 655 g/mol. The van der Waals surface area contributed by atoms with Gasteiger partial charge in [-0.05, 0) is 49.2 Å². The molecule has 10 nitrogen and oxygen atoms in total. The van der Waals surface area contributed by atoms with Crippen molar-refractivity contribution >= 4 is 11.9 Å². The molecule has 0 heterocycles. The highest BCUT2D eigenvalue weighted by Gasteiger charge is 2.41. The fourth-order valence-corrected chi connectivity index (χ4v) is 5.47. The Labute approximate surface area is 281 Å². The summed E-state index contributed by atoms with van der Waals surface area (Å²) in [5, 5.41) is 0. The van der Waals surface area contributed by atoms with Crippen LogP contribution in [0.3, 0.4) is 0 Å². The maximum absolute atomic E-state index is 13.4. The molecule has 0 aliphatic heterocycles. The molecule has 0 aliphatic rings. The van der Waals surface area contributed by atoms with Gasteiger partial charge in [0.1, 0.15) is 0 Å². The van der Waals surface area contributed by atoms with Gasteiger partial charge in [0.25, 0.3) is 0 Å². The smallest absolute Gasteiger partial charge is 0.331 e. The summed E-state index contributed by atoms with van der Waals surface area (Å²) < 4.78 is 33.8. The van der Waals surface area contributed by atoms with Crippen molar-refractivity contribution in [3.63, 3.8) is 0 Å². The first-order chi connectivity index (χ1) is 23.0. The largest absolute Gasteiger partial charge is 0.493 e. The van der Waals surface area contributed by atoms with Crippen molar-refractivity contribution < 1.29 is 38.0 Å². The Morgan fingerprint density at radius 3 is 1.19 bits per heavy atom. The van der Waals surface area contributed by atoms with Gasteiger partial charge >= 0.3 is 11.9 Å². The van der Waals surface area contributed by atoms with Crippen LogP contribution < -0.4 is 30.4 Å². The van der Waals surface area contributed by atoms with E-state index in [2.05, 4.69) is 0 Å². The highest BCUT2D eigenvalue weighted by molar-refractivity contribution is 5.92. The predicted molar refractivity (Wildman–Crippen MR) is 182 cm³/mol. The summed E-state index contributed by atoms with van der Waals surface area (Å²) in [6, 6.07) is 27.2. The number of carbonyl (C=O) groups excluding carboxylic acids is 2. The van der Waals surface area contributed by atoms with Crippen LogP contribution >= 0.6 is 0 Å². The van der Waals surface area contributed by atoms with Gasteiger partial charge in [0.05, 0.1) is 40.5 Å². The van der Waals surface area contributed by atoms with Crippen LogP contribution in [0.4, 0.5) is 0 Å². The minimum absolute atomic E-state index is 0.431. The zero-order valence-corrected chi connectivity index (χ0v) is 28.0. The Kier molecular flexibility index (Phi) is 11.5. The molecule has 4 rings (SSSR count). The van der Waals surface area contributed by atoms with E-state index in [4.69, 9.17) is 39.9 Å². The zero-order valence-electron chi connectivity index (χ0n) is 28.0. The number of hydrogen-bond acceptors (Lipinski definition) is 10. The number of benzene rings is 4. The highest BCUT2D eigenvalue weighted by Crippen LogP contribution is 2.42. The molecule has 4 aromatic rings. The van der Waals surface area contributed by atoms with Crippen molar-refractivity contribution in [1.29, 1.82) is 0 Å². The quantitative estimate of drug-likeness (QED) is 0.125. The van der Waals surface area contributed by atoms with E-state index in [1.165, 1.54) is 28.4 Å². The fourth-order valence-electron chi connectivity index (χ4n) is 5.47. The molecule has 48 heavy (non-hydrogen) atoms. The van der Waals surface area contributed by atoms with Crippen molar-refractivity contribution in [1.82, 2.24) is 0 Å². The molecular weight excluding hydrogens is 612 g/mol. The van der Waals surface area contributed by atoms with Gasteiger partial charge in [-0.3, -0.25) is 0 Å². The molecule has 0 spiro atoms. The summed E-state index contributed by atoms with van der Waals surface area (Å²) in [6.45, 7) is 3.39. The third-order valence-electron chi connectivity index (χ3n) is 8.40. The Morgan fingerprint density at radius 2 is 0.875 bits per heavy atom. The summed E-state index contributed by atoms with van der Waals surface area (Å²) in [7, 11) is 6.07. The summed E-state index contributed by atoms with van der Waals surface area (Å²) in [6.07, 6.45) is 2.00. The summed E-state index contributed by atoms with van der Waals surface area (Å²) in [5.74, 6) is 0.211. The van der Waals surface area contributed by atoms with Crippen LogP contribution in [0.5, 0.6) is 23.0 Å². The van der Waals surface area contributed by atoms with Crippen molar-refractivity contribution in [2.45, 2.75) is 37.1 Å². The van der Waals surface area contributed by atoms with Crippen LogP contribution in [0.25, 0.3) is 0 Å². The van der Waals surface area contributed by atoms with Gasteiger partial charge in [0.15, 0.2) is 34.2 Å². The normalized spacial score (nSPS) is 14.9. The number of nitrogens with two attached hydrogens (primary N) is 2. The Balaban J connectivity index is 1.65. The van der Waals surface area contributed by atoms with E-state index in [0.717, 1.165) is 23.3 Å². The van der Waals surface area contributed by atoms with Crippen molar-refractivity contribution in [3.05, 3.63) is 131 Å². The predicted octanol–water partition coefficient (Wildman–Crippen LogP) is 5.89. The molecule has 4 aromatic carbocycles. The lowest BCUT2D eigenvalue weighted by molar-refractivity contribution is -0.158. The van der Waals surface area contributed by atoms with Crippen LogP contribution in [0.2, 0.25) is 0 Å². The maximum atomic E-state index is 13.4. The van der Waals surface area contributed by atoms with Crippen LogP contribution in [0, 0.1) is 0 Å². The molecule has 10 heteroatoms. The number of ether oxygens (including phenoxy) is 6. The van der Waals surface area contributed by atoms with Crippen LogP contribution in [-0.2, 0) is 30.3 Å². The number of esters is 2. The monoisotopic (exact) mass is 654 g/mol. The Morgan fingerprint density at radius 1 is 0.542 bits per heavy atom. The first-order valence-electron chi connectivity index (χ1n) is 15.2. The summed E-state index contributed by atoms with van der Waals surface area (Å²) in [4.78, 5) is 26.8. The molecule has 0 radical (unpaired) electrons. The van der Waals surface area contributed by atoms with Gasteiger partial charge in [0, 0.05) is 23.3 Å². The molecule has 252 valence electrons. The molecule has 0 fully saturated rings. The second kappa shape index (κ2) is 15.5. The second-order valence-electron chi connectivity index (χ2n) is 11.3. The van der Waals surface area contributed by atoms with Gasteiger partial charge in [0.2, 0.25) is 0 Å². The van der Waals surface area contributed by atoms with Crippen molar-refractivity contribution in [2.24, 2.45) is 11.5 Å². The zero-order chi connectivity index (χ0) is 34.9. The van der Waals surface area contributed by atoms with E-state index in [-0.39, 0.29) is 0 Å². The standard InChI is InChI=1S/C38H42N2O8/c1-37(35(39)25-13-9-7-10-14-25,27-17-19-29(43-3)31(23-27)45-5)47-33(41)21-22-34(42)48-38(2,36(40)26-15-11-8-12-16-26)28-18-20-30(44-4)32(24-28)46-6/h7-24,35-36H,39-40H2,1-6H3/b22-21+. The first-order valence-corrected chi connectivity index (χ1v) is 15.2. The Hall–Kier alpha value is -5.32. The van der Waals surface area contributed by atoms with Crippen molar-refractivity contribution in [3.8, 4) is 23.0 Å². The molecule has 4 atom stereocenters. The minimum atomic E-state index is -1.39. The molecule has 0 amide bonds. The van der Waals surface area contributed by atoms with Crippen LogP contribution in [0.15, 0.2) is 109 Å². The Bertz CT molecular complexity index is 1600. The lowest BCUT2D eigenvalue weighted by Crippen LogP contribution is -2.40. The van der Waals surface area contributed by atoms with Gasteiger partial charge in [-0.25, -0.2) is 9.59 Å². The van der Waals surface area contributed by atoms with Gasteiger partial charge in [-0.15, -0.1) is 0 Å². The lowest BCUT2D eigenvalue weighted by atomic mass is 9.84. The van der Waals surface area contributed by atoms with Crippen LogP contribution in [0.1, 0.15) is 48.2 Å².